The maximum Gasteiger partial charge on any atom is 0.151 e. The zero-order valence-electron chi connectivity index (χ0n) is 5.03. The number of nitrogens with two attached hydrogens (primary N) is 1. The van der Waals surface area contributed by atoms with Crippen LogP contribution in [0.3, 0.4) is 0 Å². The standard InChI is InChI=1S/C5H11NO3/c6-4(3-7)1-2-5(8)9/h3-5,8-9H,1-2,6H2/t4-/m1/s1. The van der Waals surface area contributed by atoms with E-state index in [9.17, 15) is 4.79 Å². The first-order valence-electron chi connectivity index (χ1n) is 2.74. The average molecular weight is 133 g/mol. The van der Waals surface area contributed by atoms with Crippen LogP contribution in [-0.4, -0.2) is 28.8 Å². The van der Waals surface area contributed by atoms with Gasteiger partial charge in [0.1, 0.15) is 6.29 Å². The first-order valence-corrected chi connectivity index (χ1v) is 2.74. The Hall–Kier alpha value is -0.450. The molecule has 0 aromatic carbocycles. The molecule has 0 aromatic heterocycles. The summed E-state index contributed by atoms with van der Waals surface area (Å²) < 4.78 is 0. The first kappa shape index (κ1) is 8.55. The Morgan fingerprint density at radius 1 is 1.44 bits per heavy atom. The van der Waals surface area contributed by atoms with Gasteiger partial charge in [0.2, 0.25) is 0 Å². The van der Waals surface area contributed by atoms with Crippen molar-refractivity contribution in [1.29, 1.82) is 0 Å². The van der Waals surface area contributed by atoms with Crippen LogP contribution in [0.25, 0.3) is 0 Å². The van der Waals surface area contributed by atoms with Gasteiger partial charge in [0.05, 0.1) is 6.04 Å². The predicted octanol–water partition coefficient (Wildman–Crippen LogP) is -1.40. The highest BCUT2D eigenvalue weighted by molar-refractivity contribution is 5.56. The molecule has 0 radical (unpaired) electrons. The molecule has 0 unspecified atom stereocenters. The van der Waals surface area contributed by atoms with Crippen molar-refractivity contribution < 1.29 is 15.0 Å². The van der Waals surface area contributed by atoms with Crippen molar-refractivity contribution in [2.75, 3.05) is 0 Å². The van der Waals surface area contributed by atoms with Crippen LogP contribution in [0.5, 0.6) is 0 Å². The van der Waals surface area contributed by atoms with Crippen LogP contribution in [-0.2, 0) is 4.79 Å². The molecule has 0 amide bonds. The Labute approximate surface area is 53.3 Å². The van der Waals surface area contributed by atoms with Crippen molar-refractivity contribution in [2.45, 2.75) is 25.2 Å². The van der Waals surface area contributed by atoms with Crippen molar-refractivity contribution in [3.05, 3.63) is 0 Å². The average Bonchev–Trinajstić information content (AvgIpc) is 1.83. The van der Waals surface area contributed by atoms with Crippen LogP contribution in [0.2, 0.25) is 0 Å². The number of aldehydes is 1. The van der Waals surface area contributed by atoms with E-state index in [4.69, 9.17) is 15.9 Å². The summed E-state index contributed by atoms with van der Waals surface area (Å²) in [5.41, 5.74) is 5.13. The molecule has 9 heavy (non-hydrogen) atoms. The van der Waals surface area contributed by atoms with E-state index in [1.807, 2.05) is 0 Å². The Kier molecular flexibility index (Phi) is 4.21. The summed E-state index contributed by atoms with van der Waals surface area (Å²) >= 11 is 0. The molecule has 0 spiro atoms. The van der Waals surface area contributed by atoms with Gasteiger partial charge in [-0.05, 0) is 12.8 Å². The molecule has 0 heterocycles. The van der Waals surface area contributed by atoms with Gasteiger partial charge in [-0.25, -0.2) is 0 Å². The minimum atomic E-state index is -1.35. The Morgan fingerprint density at radius 3 is 2.33 bits per heavy atom. The number of hydrogen-bond acceptors (Lipinski definition) is 4. The quantitative estimate of drug-likeness (QED) is 0.325. The molecule has 1 atom stereocenters. The maximum atomic E-state index is 9.83. The minimum Gasteiger partial charge on any atom is -0.368 e. The van der Waals surface area contributed by atoms with Gasteiger partial charge in [-0.3, -0.25) is 0 Å². The number of hydrogen-bond donors (Lipinski definition) is 3. The molecule has 0 aliphatic rings. The Balaban J connectivity index is 3.16. The minimum absolute atomic E-state index is 0.153. The molecular weight excluding hydrogens is 122 g/mol. The third-order valence-corrected chi connectivity index (χ3v) is 0.933. The molecule has 54 valence electrons. The Morgan fingerprint density at radius 2 is 2.00 bits per heavy atom. The second-order valence-corrected chi connectivity index (χ2v) is 1.86. The molecule has 0 aromatic rings. The van der Waals surface area contributed by atoms with Gasteiger partial charge in [0, 0.05) is 0 Å². The van der Waals surface area contributed by atoms with Crippen molar-refractivity contribution in [3.8, 4) is 0 Å². The van der Waals surface area contributed by atoms with Gasteiger partial charge < -0.3 is 20.7 Å². The van der Waals surface area contributed by atoms with E-state index in [0.29, 0.717) is 12.7 Å². The number of carbonyl (C=O) groups excluding carboxylic acids is 1. The molecule has 0 bridgehead atoms. The number of aliphatic hydroxyl groups excluding tert-OH is 1. The summed E-state index contributed by atoms with van der Waals surface area (Å²) in [6.07, 6.45) is -0.292. The lowest BCUT2D eigenvalue weighted by Crippen LogP contribution is -2.23. The normalized spacial score (nSPS) is 13.8. The van der Waals surface area contributed by atoms with Crippen LogP contribution in [0.1, 0.15) is 12.8 Å². The summed E-state index contributed by atoms with van der Waals surface area (Å²) in [5, 5.41) is 16.6. The molecule has 4 nitrogen and oxygen atoms in total. The molecular formula is C5H11NO3. The van der Waals surface area contributed by atoms with Crippen LogP contribution in [0.15, 0.2) is 0 Å². The van der Waals surface area contributed by atoms with Gasteiger partial charge in [0.15, 0.2) is 6.29 Å². The van der Waals surface area contributed by atoms with Crippen molar-refractivity contribution in [3.63, 3.8) is 0 Å². The zero-order chi connectivity index (χ0) is 7.28. The van der Waals surface area contributed by atoms with E-state index in [1.165, 1.54) is 0 Å². The first-order chi connectivity index (χ1) is 4.16. The Bertz CT molecular complexity index is 84.3. The number of rotatable bonds is 4. The lowest BCUT2D eigenvalue weighted by Gasteiger charge is -2.03. The third-order valence-electron chi connectivity index (χ3n) is 0.933. The summed E-state index contributed by atoms with van der Waals surface area (Å²) in [6.45, 7) is 0. The van der Waals surface area contributed by atoms with E-state index in [0.717, 1.165) is 0 Å². The van der Waals surface area contributed by atoms with Gasteiger partial charge in [-0.15, -0.1) is 0 Å². The summed E-state index contributed by atoms with van der Waals surface area (Å²) in [6, 6.07) is -0.563. The van der Waals surface area contributed by atoms with Gasteiger partial charge in [-0.2, -0.15) is 0 Å². The molecule has 0 saturated heterocycles. The summed E-state index contributed by atoms with van der Waals surface area (Å²) in [5.74, 6) is 0. The SMILES string of the molecule is N[C@@H](C=O)CCC(O)O. The van der Waals surface area contributed by atoms with E-state index < -0.39 is 12.3 Å². The fourth-order valence-electron chi connectivity index (χ4n) is 0.410. The fourth-order valence-corrected chi connectivity index (χ4v) is 0.410. The molecule has 0 aliphatic carbocycles. The smallest absolute Gasteiger partial charge is 0.151 e. The van der Waals surface area contributed by atoms with Gasteiger partial charge in [-0.1, -0.05) is 0 Å². The number of carbonyl (C=O) groups is 1. The van der Waals surface area contributed by atoms with E-state index >= 15 is 0 Å². The molecule has 0 rings (SSSR count). The summed E-state index contributed by atoms with van der Waals surface area (Å²) in [7, 11) is 0. The fraction of sp³-hybridized carbons (Fsp3) is 0.800. The van der Waals surface area contributed by atoms with Crippen LogP contribution < -0.4 is 5.73 Å². The second kappa shape index (κ2) is 4.43. The monoisotopic (exact) mass is 133 g/mol. The lowest BCUT2D eigenvalue weighted by molar-refractivity contribution is -0.109. The van der Waals surface area contributed by atoms with Crippen molar-refractivity contribution in [1.82, 2.24) is 0 Å². The highest BCUT2D eigenvalue weighted by atomic mass is 16.5. The van der Waals surface area contributed by atoms with Crippen molar-refractivity contribution in [2.24, 2.45) is 5.73 Å². The topological polar surface area (TPSA) is 83.6 Å². The molecule has 4 N–H and O–H groups in total. The van der Waals surface area contributed by atoms with Crippen LogP contribution >= 0.6 is 0 Å². The van der Waals surface area contributed by atoms with Gasteiger partial charge in [0.25, 0.3) is 0 Å². The van der Waals surface area contributed by atoms with Crippen LogP contribution in [0, 0.1) is 0 Å². The largest absolute Gasteiger partial charge is 0.368 e. The number of aliphatic hydroxyl groups is 2. The van der Waals surface area contributed by atoms with Gasteiger partial charge >= 0.3 is 0 Å². The maximum absolute atomic E-state index is 9.83. The predicted molar refractivity (Wildman–Crippen MR) is 31.5 cm³/mol. The molecule has 0 saturated carbocycles. The summed E-state index contributed by atoms with van der Waals surface area (Å²) in [4.78, 5) is 9.83. The van der Waals surface area contributed by atoms with Crippen LogP contribution in [0.4, 0.5) is 0 Å². The van der Waals surface area contributed by atoms with E-state index in [1.54, 1.807) is 0 Å². The zero-order valence-corrected chi connectivity index (χ0v) is 5.03. The van der Waals surface area contributed by atoms with E-state index in [-0.39, 0.29) is 6.42 Å². The van der Waals surface area contributed by atoms with E-state index in [2.05, 4.69) is 0 Å². The highest BCUT2D eigenvalue weighted by Gasteiger charge is 2.02. The molecule has 4 heteroatoms. The molecule has 0 fully saturated rings. The second-order valence-electron chi connectivity index (χ2n) is 1.86. The highest BCUT2D eigenvalue weighted by Crippen LogP contribution is 1.94. The third kappa shape index (κ3) is 5.42. The van der Waals surface area contributed by atoms with Crippen molar-refractivity contribution >= 4 is 6.29 Å². The lowest BCUT2D eigenvalue weighted by atomic mass is 10.2. The molecule has 0 aliphatic heterocycles.